The lowest BCUT2D eigenvalue weighted by atomic mass is 10.2. The van der Waals surface area contributed by atoms with Gasteiger partial charge in [-0.05, 0) is 53.2 Å². The van der Waals surface area contributed by atoms with E-state index in [1.807, 2.05) is 54.6 Å². The Hall–Kier alpha value is -2.15. The molecule has 1 heterocycles. The fourth-order valence-corrected chi connectivity index (χ4v) is 3.27. The van der Waals surface area contributed by atoms with E-state index in [1.165, 1.54) is 0 Å². The molecule has 0 aliphatic heterocycles. The largest absolute Gasteiger partial charge is 0.313 e. The van der Waals surface area contributed by atoms with E-state index in [-0.39, 0.29) is 0 Å². The second-order valence-corrected chi connectivity index (χ2v) is 7.07. The van der Waals surface area contributed by atoms with E-state index < -0.39 is 0 Å². The molecule has 0 aliphatic carbocycles. The summed E-state index contributed by atoms with van der Waals surface area (Å²) >= 11 is 7.54. The maximum atomic E-state index is 5.87. The second-order valence-electron chi connectivity index (χ2n) is 5.57. The summed E-state index contributed by atoms with van der Waals surface area (Å²) in [7, 11) is 0. The third-order valence-corrected chi connectivity index (χ3v) is 4.87. The van der Waals surface area contributed by atoms with Gasteiger partial charge in [-0.2, -0.15) is 4.68 Å². The van der Waals surface area contributed by atoms with Crippen molar-refractivity contribution in [3.63, 3.8) is 0 Å². The minimum Gasteiger partial charge on any atom is -0.313 e. The molecule has 1 N–H and O–H groups in total. The van der Waals surface area contributed by atoms with Gasteiger partial charge in [0.2, 0.25) is 5.16 Å². The summed E-state index contributed by atoms with van der Waals surface area (Å²) in [5, 5.41) is 16.9. The number of benzene rings is 2. The Labute approximate surface area is 162 Å². The molecule has 0 saturated heterocycles. The topological polar surface area (TPSA) is 55.6 Å². The lowest BCUT2D eigenvalue weighted by Gasteiger charge is -2.04. The van der Waals surface area contributed by atoms with Crippen molar-refractivity contribution in [2.75, 3.05) is 18.8 Å². The van der Waals surface area contributed by atoms with Crippen LogP contribution in [0.25, 0.3) is 11.8 Å². The van der Waals surface area contributed by atoms with Gasteiger partial charge >= 0.3 is 0 Å². The van der Waals surface area contributed by atoms with Crippen LogP contribution in [0.5, 0.6) is 0 Å². The van der Waals surface area contributed by atoms with E-state index >= 15 is 0 Å². The molecule has 0 aliphatic rings. The van der Waals surface area contributed by atoms with Gasteiger partial charge in [0.1, 0.15) is 0 Å². The van der Waals surface area contributed by atoms with E-state index in [9.17, 15) is 0 Å². The zero-order valence-corrected chi connectivity index (χ0v) is 15.8. The third kappa shape index (κ3) is 5.69. The fourth-order valence-electron chi connectivity index (χ4n) is 2.32. The van der Waals surface area contributed by atoms with Crippen molar-refractivity contribution in [1.29, 1.82) is 0 Å². The van der Waals surface area contributed by atoms with Gasteiger partial charge in [-0.1, -0.05) is 65.8 Å². The zero-order chi connectivity index (χ0) is 18.0. The molecule has 0 bridgehead atoms. The number of nitrogens with one attached hydrogen (secondary N) is 1. The number of tetrazole rings is 1. The summed E-state index contributed by atoms with van der Waals surface area (Å²) in [6.45, 7) is 1.79. The van der Waals surface area contributed by atoms with E-state index in [4.69, 9.17) is 11.6 Å². The molecule has 0 amide bonds. The Bertz CT molecular complexity index is 817. The maximum Gasteiger partial charge on any atom is 0.214 e. The first kappa shape index (κ1) is 18.6. The highest BCUT2D eigenvalue weighted by molar-refractivity contribution is 7.99. The Kier molecular flexibility index (Phi) is 7.25. The molecule has 1 aromatic heterocycles. The number of hydrogen-bond donors (Lipinski definition) is 1. The Morgan fingerprint density at radius 1 is 1.08 bits per heavy atom. The summed E-state index contributed by atoms with van der Waals surface area (Å²) < 4.78 is 1.77. The first-order chi connectivity index (χ1) is 12.8. The molecule has 2 aromatic carbocycles. The van der Waals surface area contributed by atoms with Gasteiger partial charge in [-0.3, -0.25) is 0 Å². The average molecular weight is 386 g/mol. The molecule has 5 nitrogen and oxygen atoms in total. The van der Waals surface area contributed by atoms with Crippen LogP contribution in [0.4, 0.5) is 0 Å². The molecule has 0 fully saturated rings. The SMILES string of the molecule is Clc1ccc(C=CCNCCCSc2nnnn2-c2ccccc2)cc1. The predicted octanol–water partition coefficient (Wildman–Crippen LogP) is 4.10. The molecule has 134 valence electrons. The zero-order valence-electron chi connectivity index (χ0n) is 14.3. The van der Waals surface area contributed by atoms with Crippen LogP contribution >= 0.6 is 23.4 Å². The monoisotopic (exact) mass is 385 g/mol. The van der Waals surface area contributed by atoms with Gasteiger partial charge in [0.05, 0.1) is 5.69 Å². The lowest BCUT2D eigenvalue weighted by molar-refractivity contribution is 0.731. The number of rotatable bonds is 9. The second kappa shape index (κ2) is 10.1. The Morgan fingerprint density at radius 3 is 2.69 bits per heavy atom. The quantitative estimate of drug-likeness (QED) is 0.444. The number of aromatic nitrogens is 4. The minimum atomic E-state index is 0.760. The van der Waals surface area contributed by atoms with Crippen LogP contribution in [-0.4, -0.2) is 39.0 Å². The molecule has 3 aromatic rings. The maximum absolute atomic E-state index is 5.87. The van der Waals surface area contributed by atoms with Gasteiger partial charge in [0, 0.05) is 17.3 Å². The van der Waals surface area contributed by atoms with Crippen molar-refractivity contribution in [2.45, 2.75) is 11.6 Å². The van der Waals surface area contributed by atoms with Crippen LogP contribution < -0.4 is 5.32 Å². The molecule has 7 heteroatoms. The van der Waals surface area contributed by atoms with Crippen molar-refractivity contribution in [3.05, 3.63) is 71.3 Å². The summed E-state index contributed by atoms with van der Waals surface area (Å²) in [5.74, 6) is 0.959. The van der Waals surface area contributed by atoms with E-state index in [1.54, 1.807) is 16.4 Å². The summed E-state index contributed by atoms with van der Waals surface area (Å²) in [6.07, 6.45) is 5.25. The van der Waals surface area contributed by atoms with E-state index in [0.29, 0.717) is 0 Å². The van der Waals surface area contributed by atoms with Gasteiger partial charge in [-0.25, -0.2) is 0 Å². The Balaban J connectivity index is 1.34. The first-order valence-electron chi connectivity index (χ1n) is 8.42. The minimum absolute atomic E-state index is 0.760. The number of para-hydroxylation sites is 1. The van der Waals surface area contributed by atoms with Gasteiger partial charge in [-0.15, -0.1) is 5.10 Å². The normalized spacial score (nSPS) is 11.3. The van der Waals surface area contributed by atoms with Gasteiger partial charge in [0.15, 0.2) is 0 Å². The number of hydrogen-bond acceptors (Lipinski definition) is 5. The van der Waals surface area contributed by atoms with Crippen LogP contribution in [0.3, 0.4) is 0 Å². The van der Waals surface area contributed by atoms with Crippen LogP contribution in [0, 0.1) is 0 Å². The smallest absolute Gasteiger partial charge is 0.214 e. The molecular formula is C19H20ClN5S. The first-order valence-corrected chi connectivity index (χ1v) is 9.79. The highest BCUT2D eigenvalue weighted by Crippen LogP contribution is 2.18. The molecule has 0 unspecified atom stereocenters. The van der Waals surface area contributed by atoms with Crippen LogP contribution in [0.15, 0.2) is 65.8 Å². The lowest BCUT2D eigenvalue weighted by Crippen LogP contribution is -2.15. The van der Waals surface area contributed by atoms with Crippen LogP contribution in [-0.2, 0) is 0 Å². The number of nitrogens with zero attached hydrogens (tertiary/aromatic N) is 4. The van der Waals surface area contributed by atoms with Crippen molar-refractivity contribution in [3.8, 4) is 5.69 Å². The average Bonchev–Trinajstić information content (AvgIpc) is 3.14. The van der Waals surface area contributed by atoms with Crippen molar-refractivity contribution < 1.29 is 0 Å². The fraction of sp³-hybridized carbons (Fsp3) is 0.211. The van der Waals surface area contributed by atoms with E-state index in [2.05, 4.69) is 33.0 Å². The van der Waals surface area contributed by atoms with Crippen LogP contribution in [0.2, 0.25) is 5.02 Å². The molecule has 0 radical (unpaired) electrons. The van der Waals surface area contributed by atoms with Crippen molar-refractivity contribution in [1.82, 2.24) is 25.5 Å². The van der Waals surface area contributed by atoms with Crippen molar-refractivity contribution >= 4 is 29.4 Å². The highest BCUT2D eigenvalue weighted by atomic mass is 35.5. The van der Waals surface area contributed by atoms with Crippen LogP contribution in [0.1, 0.15) is 12.0 Å². The summed E-state index contributed by atoms with van der Waals surface area (Å²) in [5.41, 5.74) is 2.13. The van der Waals surface area contributed by atoms with Crippen molar-refractivity contribution in [2.24, 2.45) is 0 Å². The highest BCUT2D eigenvalue weighted by Gasteiger charge is 2.07. The predicted molar refractivity (Wildman–Crippen MR) is 108 cm³/mol. The number of thioether (sulfide) groups is 1. The van der Waals surface area contributed by atoms with Gasteiger partial charge in [0.25, 0.3) is 0 Å². The summed E-state index contributed by atoms with van der Waals surface area (Å²) in [4.78, 5) is 0. The molecule has 0 spiro atoms. The molecule has 0 saturated carbocycles. The standard InChI is InChI=1S/C19H20ClN5S/c20-17-11-9-16(10-12-17)6-4-13-21-14-5-15-26-19-22-23-24-25(19)18-7-2-1-3-8-18/h1-4,6-12,21H,5,13-15H2. The third-order valence-electron chi connectivity index (χ3n) is 3.61. The number of halogens is 1. The molecule has 26 heavy (non-hydrogen) atoms. The van der Waals surface area contributed by atoms with E-state index in [0.717, 1.165) is 46.7 Å². The van der Waals surface area contributed by atoms with Gasteiger partial charge < -0.3 is 5.32 Å². The molecule has 3 rings (SSSR count). The molecule has 0 atom stereocenters. The Morgan fingerprint density at radius 2 is 1.88 bits per heavy atom. The molecular weight excluding hydrogens is 366 g/mol. The summed E-state index contributed by atoms with van der Waals surface area (Å²) in [6, 6.07) is 17.7.